The summed E-state index contributed by atoms with van der Waals surface area (Å²) in [5.74, 6) is 0. The first-order chi connectivity index (χ1) is 8.88. The van der Waals surface area contributed by atoms with E-state index in [4.69, 9.17) is 0 Å². The minimum absolute atomic E-state index is 0.250. The van der Waals surface area contributed by atoms with Gasteiger partial charge in [-0.25, -0.2) is 4.79 Å². The summed E-state index contributed by atoms with van der Waals surface area (Å²) in [7, 11) is 0. The standard InChI is InChI=1S/C13H15F3N2O/c1-9-8-10(13(14,15)16)4-5-11(9)17-12(19)18-6-2-3-7-18/h4-5,8H,2-3,6-7H2,1H3,(H,17,19). The highest BCUT2D eigenvalue weighted by Crippen LogP contribution is 2.31. The lowest BCUT2D eigenvalue weighted by molar-refractivity contribution is -0.137. The fraction of sp³-hybridized carbons (Fsp3) is 0.462. The first-order valence-corrected chi connectivity index (χ1v) is 6.12. The van der Waals surface area contributed by atoms with Crippen LogP contribution >= 0.6 is 0 Å². The van der Waals surface area contributed by atoms with Crippen molar-refractivity contribution in [2.75, 3.05) is 18.4 Å². The fourth-order valence-corrected chi connectivity index (χ4v) is 2.09. The number of hydrogen-bond donors (Lipinski definition) is 1. The number of alkyl halides is 3. The van der Waals surface area contributed by atoms with Crippen LogP contribution in [0.3, 0.4) is 0 Å². The van der Waals surface area contributed by atoms with E-state index in [1.807, 2.05) is 0 Å². The molecule has 1 N–H and O–H groups in total. The monoisotopic (exact) mass is 272 g/mol. The van der Waals surface area contributed by atoms with Crippen molar-refractivity contribution in [3.8, 4) is 0 Å². The number of urea groups is 1. The Morgan fingerprint density at radius 1 is 1.26 bits per heavy atom. The SMILES string of the molecule is Cc1cc(C(F)(F)F)ccc1NC(=O)N1CCCC1. The summed E-state index contributed by atoms with van der Waals surface area (Å²) in [6, 6.07) is 3.07. The van der Waals surface area contributed by atoms with Crippen LogP contribution in [0.15, 0.2) is 18.2 Å². The Labute approximate surface area is 109 Å². The first-order valence-electron chi connectivity index (χ1n) is 6.12. The third kappa shape index (κ3) is 3.19. The van der Waals surface area contributed by atoms with Crippen LogP contribution in [-0.4, -0.2) is 24.0 Å². The maximum absolute atomic E-state index is 12.5. The highest BCUT2D eigenvalue weighted by molar-refractivity contribution is 5.90. The van der Waals surface area contributed by atoms with Crippen molar-refractivity contribution in [2.24, 2.45) is 0 Å². The maximum Gasteiger partial charge on any atom is 0.416 e. The van der Waals surface area contributed by atoms with E-state index in [1.54, 1.807) is 11.8 Å². The molecular formula is C13H15F3N2O. The van der Waals surface area contributed by atoms with E-state index >= 15 is 0 Å². The van der Waals surface area contributed by atoms with Crippen LogP contribution in [-0.2, 0) is 6.18 Å². The van der Waals surface area contributed by atoms with Gasteiger partial charge in [0.1, 0.15) is 0 Å². The molecule has 1 fully saturated rings. The zero-order chi connectivity index (χ0) is 14.0. The molecule has 0 aromatic heterocycles. The van der Waals surface area contributed by atoms with Gasteiger partial charge in [-0.05, 0) is 43.5 Å². The number of anilines is 1. The number of amides is 2. The van der Waals surface area contributed by atoms with Gasteiger partial charge in [-0.2, -0.15) is 13.2 Å². The molecule has 0 spiro atoms. The van der Waals surface area contributed by atoms with E-state index in [0.29, 0.717) is 24.3 Å². The zero-order valence-electron chi connectivity index (χ0n) is 10.5. The second-order valence-electron chi connectivity index (χ2n) is 4.65. The molecule has 6 heteroatoms. The van der Waals surface area contributed by atoms with Gasteiger partial charge in [-0.15, -0.1) is 0 Å². The molecule has 0 bridgehead atoms. The highest BCUT2D eigenvalue weighted by Gasteiger charge is 2.30. The van der Waals surface area contributed by atoms with Crippen molar-refractivity contribution in [1.82, 2.24) is 4.90 Å². The van der Waals surface area contributed by atoms with Crippen LogP contribution in [0.25, 0.3) is 0 Å². The molecule has 0 radical (unpaired) electrons. The van der Waals surface area contributed by atoms with Gasteiger partial charge in [0.2, 0.25) is 0 Å². The Kier molecular flexibility index (Phi) is 3.68. The molecule has 1 heterocycles. The topological polar surface area (TPSA) is 32.3 Å². The number of aryl methyl sites for hydroxylation is 1. The van der Waals surface area contributed by atoms with E-state index in [2.05, 4.69) is 5.32 Å². The summed E-state index contributed by atoms with van der Waals surface area (Å²) >= 11 is 0. The number of carbonyl (C=O) groups excluding carboxylic acids is 1. The third-order valence-corrected chi connectivity index (χ3v) is 3.19. The second kappa shape index (κ2) is 5.11. The largest absolute Gasteiger partial charge is 0.416 e. The smallest absolute Gasteiger partial charge is 0.325 e. The third-order valence-electron chi connectivity index (χ3n) is 3.19. The molecule has 0 atom stereocenters. The Morgan fingerprint density at radius 3 is 2.42 bits per heavy atom. The molecule has 1 saturated heterocycles. The summed E-state index contributed by atoms with van der Waals surface area (Å²) in [5, 5.41) is 2.65. The van der Waals surface area contributed by atoms with Crippen LogP contribution in [0, 0.1) is 6.92 Å². The summed E-state index contributed by atoms with van der Waals surface area (Å²) in [5.41, 5.74) is 0.122. The number of rotatable bonds is 1. The quantitative estimate of drug-likeness (QED) is 0.831. The van der Waals surface area contributed by atoms with Gasteiger partial charge in [0, 0.05) is 18.8 Å². The van der Waals surface area contributed by atoms with Crippen LogP contribution < -0.4 is 5.32 Å². The second-order valence-corrected chi connectivity index (χ2v) is 4.65. The van der Waals surface area contributed by atoms with Gasteiger partial charge < -0.3 is 10.2 Å². The lowest BCUT2D eigenvalue weighted by Gasteiger charge is -2.18. The van der Waals surface area contributed by atoms with Crippen molar-refractivity contribution in [3.05, 3.63) is 29.3 Å². The van der Waals surface area contributed by atoms with Crippen LogP contribution in [0.2, 0.25) is 0 Å². The van der Waals surface area contributed by atoms with Crippen molar-refractivity contribution >= 4 is 11.7 Å². The van der Waals surface area contributed by atoms with Crippen LogP contribution in [0.4, 0.5) is 23.7 Å². The average Bonchev–Trinajstić information content (AvgIpc) is 2.84. The van der Waals surface area contributed by atoms with Crippen molar-refractivity contribution in [2.45, 2.75) is 25.9 Å². The molecule has 1 aromatic rings. The van der Waals surface area contributed by atoms with E-state index < -0.39 is 11.7 Å². The molecule has 2 amide bonds. The molecular weight excluding hydrogens is 257 g/mol. The molecule has 19 heavy (non-hydrogen) atoms. The molecule has 1 aromatic carbocycles. The number of carbonyl (C=O) groups is 1. The van der Waals surface area contributed by atoms with E-state index in [1.165, 1.54) is 6.07 Å². The number of likely N-dealkylation sites (tertiary alicyclic amines) is 1. The van der Waals surface area contributed by atoms with Crippen molar-refractivity contribution in [1.29, 1.82) is 0 Å². The maximum atomic E-state index is 12.5. The summed E-state index contributed by atoms with van der Waals surface area (Å²) in [6.07, 6.45) is -2.42. The summed E-state index contributed by atoms with van der Waals surface area (Å²) in [6.45, 7) is 2.95. The normalized spacial score (nSPS) is 15.7. The molecule has 3 nitrogen and oxygen atoms in total. The Hall–Kier alpha value is -1.72. The van der Waals surface area contributed by atoms with E-state index in [0.717, 1.165) is 25.0 Å². The zero-order valence-corrected chi connectivity index (χ0v) is 10.5. The Bertz CT molecular complexity index is 479. The molecule has 0 saturated carbocycles. The number of nitrogens with zero attached hydrogens (tertiary/aromatic N) is 1. The Morgan fingerprint density at radius 2 is 1.89 bits per heavy atom. The van der Waals surface area contributed by atoms with Gasteiger partial charge in [0.25, 0.3) is 0 Å². The molecule has 1 aliphatic rings. The fourth-order valence-electron chi connectivity index (χ4n) is 2.09. The van der Waals surface area contributed by atoms with Crippen molar-refractivity contribution < 1.29 is 18.0 Å². The Balaban J connectivity index is 2.11. The molecule has 104 valence electrons. The van der Waals surface area contributed by atoms with Gasteiger partial charge in [0.05, 0.1) is 5.56 Å². The predicted molar refractivity (Wildman–Crippen MR) is 66.0 cm³/mol. The molecule has 0 unspecified atom stereocenters. The van der Waals surface area contributed by atoms with Gasteiger partial charge in [0.15, 0.2) is 0 Å². The number of nitrogens with one attached hydrogen (secondary N) is 1. The van der Waals surface area contributed by atoms with Crippen LogP contribution in [0.5, 0.6) is 0 Å². The van der Waals surface area contributed by atoms with Gasteiger partial charge in [-0.3, -0.25) is 0 Å². The lowest BCUT2D eigenvalue weighted by Crippen LogP contribution is -2.32. The lowest BCUT2D eigenvalue weighted by atomic mass is 10.1. The average molecular weight is 272 g/mol. The molecule has 1 aliphatic heterocycles. The molecule has 2 rings (SSSR count). The highest BCUT2D eigenvalue weighted by atomic mass is 19.4. The van der Waals surface area contributed by atoms with E-state index in [9.17, 15) is 18.0 Å². The number of hydrogen-bond acceptors (Lipinski definition) is 1. The first kappa shape index (κ1) is 13.7. The predicted octanol–water partition coefficient (Wildman–Crippen LogP) is 3.64. The number of halogens is 3. The van der Waals surface area contributed by atoms with Gasteiger partial charge in [-0.1, -0.05) is 0 Å². The minimum atomic E-state index is -4.36. The van der Waals surface area contributed by atoms with Crippen LogP contribution in [0.1, 0.15) is 24.0 Å². The number of benzene rings is 1. The summed E-state index contributed by atoms with van der Waals surface area (Å²) in [4.78, 5) is 13.5. The summed E-state index contributed by atoms with van der Waals surface area (Å²) < 4.78 is 37.5. The van der Waals surface area contributed by atoms with Gasteiger partial charge >= 0.3 is 12.2 Å². The minimum Gasteiger partial charge on any atom is -0.325 e. The molecule has 0 aliphatic carbocycles. The van der Waals surface area contributed by atoms with E-state index in [-0.39, 0.29) is 6.03 Å². The van der Waals surface area contributed by atoms with Crippen molar-refractivity contribution in [3.63, 3.8) is 0 Å².